The molecule has 0 N–H and O–H groups in total. The molecule has 0 atom stereocenters. The Bertz CT molecular complexity index is 318. The van der Waals surface area contributed by atoms with Gasteiger partial charge in [-0.2, -0.15) is 0 Å². The molecule has 1 aromatic rings. The summed E-state index contributed by atoms with van der Waals surface area (Å²) in [5, 5.41) is 2.08. The molecule has 0 fully saturated rings. The normalized spacial score (nSPS) is 16.5. The molecule has 2 nitrogen and oxygen atoms in total. The van der Waals surface area contributed by atoms with Crippen LogP contribution in [0.2, 0.25) is 0 Å². The van der Waals surface area contributed by atoms with Gasteiger partial charge in [0, 0.05) is 18.3 Å². The Hall–Kier alpha value is -0.830. The third-order valence-corrected chi connectivity index (χ3v) is 3.40. The van der Waals surface area contributed by atoms with E-state index in [0.717, 1.165) is 25.1 Å². The molecule has 3 heteroatoms. The molecule has 0 radical (unpaired) electrons. The van der Waals surface area contributed by atoms with Crippen LogP contribution in [0.3, 0.4) is 0 Å². The minimum atomic E-state index is 0.168. The lowest BCUT2D eigenvalue weighted by atomic mass is 10.2. The van der Waals surface area contributed by atoms with Crippen LogP contribution in [-0.2, 0) is 11.2 Å². The first-order valence-electron chi connectivity index (χ1n) is 4.63. The largest absolute Gasteiger partial charge is 0.312 e. The Morgan fingerprint density at radius 3 is 3.15 bits per heavy atom. The van der Waals surface area contributed by atoms with Gasteiger partial charge in [-0.3, -0.25) is 4.79 Å². The molecule has 0 spiro atoms. The maximum absolute atomic E-state index is 11.3. The average Bonchev–Trinajstić information content (AvgIpc) is 2.44. The molecule has 1 aliphatic rings. The van der Waals surface area contributed by atoms with Crippen LogP contribution in [0.4, 0.5) is 5.69 Å². The second kappa shape index (κ2) is 3.50. The van der Waals surface area contributed by atoms with Crippen LogP contribution in [0.1, 0.15) is 24.6 Å². The number of rotatable bonds is 0. The maximum Gasteiger partial charge on any atom is 0.223 e. The molecule has 0 unspecified atom stereocenters. The molecule has 0 aliphatic carbocycles. The molecule has 1 amide bonds. The van der Waals surface area contributed by atoms with Crippen molar-refractivity contribution in [3.05, 3.63) is 16.3 Å². The number of anilines is 1. The number of hydrogen-bond acceptors (Lipinski definition) is 2. The summed E-state index contributed by atoms with van der Waals surface area (Å²) in [6.07, 6.45) is 3.47. The van der Waals surface area contributed by atoms with E-state index < -0.39 is 0 Å². The summed E-state index contributed by atoms with van der Waals surface area (Å²) in [5.74, 6) is 0.168. The molecule has 1 aliphatic heterocycles. The van der Waals surface area contributed by atoms with E-state index in [1.54, 1.807) is 18.3 Å². The molecule has 0 aromatic carbocycles. The van der Waals surface area contributed by atoms with Crippen molar-refractivity contribution in [2.24, 2.45) is 0 Å². The van der Waals surface area contributed by atoms with Crippen LogP contribution in [0, 0.1) is 0 Å². The summed E-state index contributed by atoms with van der Waals surface area (Å²) >= 11 is 1.77. The number of nitrogens with zero attached hydrogens (tertiary/aromatic N) is 1. The lowest BCUT2D eigenvalue weighted by molar-refractivity contribution is -0.116. The standard InChI is InChI=1S/C10H13NOS/c1-8(12)11-6-3-2-4-10-9(11)5-7-13-10/h5,7H,2-4,6H2,1H3. The second-order valence-electron chi connectivity index (χ2n) is 3.36. The van der Waals surface area contributed by atoms with Gasteiger partial charge in [0.15, 0.2) is 0 Å². The van der Waals surface area contributed by atoms with E-state index in [9.17, 15) is 4.79 Å². The van der Waals surface area contributed by atoms with Gasteiger partial charge in [0.1, 0.15) is 0 Å². The van der Waals surface area contributed by atoms with Crippen molar-refractivity contribution in [2.45, 2.75) is 26.2 Å². The Balaban J connectivity index is 2.36. The third-order valence-electron chi connectivity index (χ3n) is 2.43. The first-order valence-corrected chi connectivity index (χ1v) is 5.51. The number of thiophene rings is 1. The van der Waals surface area contributed by atoms with Gasteiger partial charge in [-0.25, -0.2) is 0 Å². The van der Waals surface area contributed by atoms with Crippen LogP contribution in [-0.4, -0.2) is 12.5 Å². The van der Waals surface area contributed by atoms with E-state index in [2.05, 4.69) is 11.4 Å². The molecule has 1 aromatic heterocycles. The molecule has 2 rings (SSSR count). The van der Waals surface area contributed by atoms with Crippen molar-refractivity contribution in [3.63, 3.8) is 0 Å². The molecule has 13 heavy (non-hydrogen) atoms. The molecule has 0 bridgehead atoms. The molecule has 0 saturated heterocycles. The van der Waals surface area contributed by atoms with E-state index in [1.165, 1.54) is 11.3 Å². The minimum Gasteiger partial charge on any atom is -0.312 e. The number of amides is 1. The van der Waals surface area contributed by atoms with Crippen molar-refractivity contribution in [1.82, 2.24) is 0 Å². The smallest absolute Gasteiger partial charge is 0.223 e. The monoisotopic (exact) mass is 195 g/mol. The molecular formula is C10H13NOS. The van der Waals surface area contributed by atoms with E-state index in [0.29, 0.717) is 0 Å². The first kappa shape index (κ1) is 8.75. The summed E-state index contributed by atoms with van der Waals surface area (Å²) in [5.41, 5.74) is 1.15. The number of carbonyl (C=O) groups is 1. The van der Waals surface area contributed by atoms with Crippen LogP contribution in [0.5, 0.6) is 0 Å². The fraction of sp³-hybridized carbons (Fsp3) is 0.500. The van der Waals surface area contributed by atoms with Gasteiger partial charge in [-0.15, -0.1) is 11.3 Å². The Morgan fingerprint density at radius 1 is 1.54 bits per heavy atom. The molecule has 0 saturated carbocycles. The number of carbonyl (C=O) groups excluding carboxylic acids is 1. The zero-order valence-corrected chi connectivity index (χ0v) is 8.56. The second-order valence-corrected chi connectivity index (χ2v) is 4.36. The highest BCUT2D eigenvalue weighted by atomic mass is 32.1. The van der Waals surface area contributed by atoms with Crippen molar-refractivity contribution in [3.8, 4) is 0 Å². The lowest BCUT2D eigenvalue weighted by Gasteiger charge is -2.18. The van der Waals surface area contributed by atoms with Crippen molar-refractivity contribution >= 4 is 22.9 Å². The van der Waals surface area contributed by atoms with E-state index >= 15 is 0 Å². The van der Waals surface area contributed by atoms with Gasteiger partial charge in [-0.1, -0.05) is 0 Å². The van der Waals surface area contributed by atoms with E-state index in [1.807, 2.05) is 4.90 Å². The molecular weight excluding hydrogens is 182 g/mol. The van der Waals surface area contributed by atoms with Gasteiger partial charge in [0.25, 0.3) is 0 Å². The number of aryl methyl sites for hydroxylation is 1. The number of hydrogen-bond donors (Lipinski definition) is 0. The number of fused-ring (bicyclic) bond motifs is 1. The first-order chi connectivity index (χ1) is 6.29. The highest BCUT2D eigenvalue weighted by Gasteiger charge is 2.18. The summed E-state index contributed by atoms with van der Waals surface area (Å²) in [6.45, 7) is 2.53. The van der Waals surface area contributed by atoms with E-state index in [4.69, 9.17) is 0 Å². The SMILES string of the molecule is CC(=O)N1CCCCc2sccc21. The van der Waals surface area contributed by atoms with Crippen LogP contribution in [0.15, 0.2) is 11.4 Å². The summed E-state index contributed by atoms with van der Waals surface area (Å²) in [7, 11) is 0. The highest BCUT2D eigenvalue weighted by molar-refractivity contribution is 7.10. The highest BCUT2D eigenvalue weighted by Crippen LogP contribution is 2.30. The molecule has 70 valence electrons. The van der Waals surface area contributed by atoms with Crippen LogP contribution in [0.25, 0.3) is 0 Å². The van der Waals surface area contributed by atoms with Crippen molar-refractivity contribution < 1.29 is 4.79 Å². The van der Waals surface area contributed by atoms with Gasteiger partial charge in [0.05, 0.1) is 5.69 Å². The summed E-state index contributed by atoms with van der Waals surface area (Å²) < 4.78 is 0. The topological polar surface area (TPSA) is 20.3 Å². The zero-order chi connectivity index (χ0) is 9.26. The average molecular weight is 195 g/mol. The molecule has 2 heterocycles. The lowest BCUT2D eigenvalue weighted by Crippen LogP contribution is -2.28. The fourth-order valence-electron chi connectivity index (χ4n) is 1.76. The van der Waals surface area contributed by atoms with E-state index in [-0.39, 0.29) is 5.91 Å². The maximum atomic E-state index is 11.3. The minimum absolute atomic E-state index is 0.168. The predicted octanol–water partition coefficient (Wildman–Crippen LogP) is 2.44. The van der Waals surface area contributed by atoms with Crippen LogP contribution < -0.4 is 4.90 Å². The van der Waals surface area contributed by atoms with Gasteiger partial charge >= 0.3 is 0 Å². The Labute approximate surface area is 82.2 Å². The Kier molecular flexibility index (Phi) is 2.36. The summed E-state index contributed by atoms with van der Waals surface area (Å²) in [4.78, 5) is 14.6. The fourth-order valence-corrected chi connectivity index (χ4v) is 2.69. The quantitative estimate of drug-likeness (QED) is 0.622. The predicted molar refractivity (Wildman–Crippen MR) is 55.3 cm³/mol. The zero-order valence-electron chi connectivity index (χ0n) is 7.75. The van der Waals surface area contributed by atoms with Crippen molar-refractivity contribution in [2.75, 3.05) is 11.4 Å². The summed E-state index contributed by atoms with van der Waals surface area (Å²) in [6, 6.07) is 2.06. The van der Waals surface area contributed by atoms with Gasteiger partial charge in [-0.05, 0) is 30.7 Å². The van der Waals surface area contributed by atoms with Gasteiger partial charge < -0.3 is 4.90 Å². The van der Waals surface area contributed by atoms with Crippen LogP contribution >= 0.6 is 11.3 Å². The third kappa shape index (κ3) is 1.61. The van der Waals surface area contributed by atoms with Crippen molar-refractivity contribution in [1.29, 1.82) is 0 Å². The Morgan fingerprint density at radius 2 is 2.38 bits per heavy atom. The van der Waals surface area contributed by atoms with Gasteiger partial charge in [0.2, 0.25) is 5.91 Å².